The Morgan fingerprint density at radius 2 is 2.16 bits per heavy atom. The van der Waals surface area contributed by atoms with Crippen molar-refractivity contribution < 1.29 is 9.53 Å². The van der Waals surface area contributed by atoms with Crippen LogP contribution in [0.5, 0.6) is 0 Å². The smallest absolute Gasteiger partial charge is 0.223 e. The molecule has 0 radical (unpaired) electrons. The standard InChI is InChI=1S/C13H18Cl2N2O2/c1-8(11-4-3-9(14)5-12(11)15)17-13(18)6-10(7-16)19-2/h3-5,8,10H,6-7,16H2,1-2H3,(H,17,18). The molecule has 0 aliphatic heterocycles. The number of carbonyl (C=O) groups is 1. The molecule has 0 spiro atoms. The van der Waals surface area contributed by atoms with Crippen molar-refractivity contribution in [2.45, 2.75) is 25.5 Å². The minimum Gasteiger partial charge on any atom is -0.380 e. The van der Waals surface area contributed by atoms with Gasteiger partial charge in [-0.25, -0.2) is 0 Å². The zero-order valence-electron chi connectivity index (χ0n) is 11.0. The first-order valence-electron chi connectivity index (χ1n) is 5.95. The van der Waals surface area contributed by atoms with E-state index in [0.717, 1.165) is 5.56 Å². The van der Waals surface area contributed by atoms with Gasteiger partial charge >= 0.3 is 0 Å². The fourth-order valence-electron chi connectivity index (χ4n) is 1.70. The third-order valence-electron chi connectivity index (χ3n) is 2.82. The molecule has 1 aromatic rings. The second-order valence-electron chi connectivity index (χ2n) is 4.25. The second-order valence-corrected chi connectivity index (χ2v) is 5.10. The molecule has 6 heteroatoms. The molecule has 2 unspecified atom stereocenters. The SMILES string of the molecule is COC(CN)CC(=O)NC(C)c1ccc(Cl)cc1Cl. The van der Waals surface area contributed by atoms with Gasteiger partial charge in [-0.1, -0.05) is 29.3 Å². The van der Waals surface area contributed by atoms with Gasteiger partial charge in [0.05, 0.1) is 18.6 Å². The van der Waals surface area contributed by atoms with E-state index in [1.807, 2.05) is 6.92 Å². The molecule has 1 rings (SSSR count). The molecule has 19 heavy (non-hydrogen) atoms. The Bertz CT molecular complexity index is 437. The van der Waals surface area contributed by atoms with Crippen LogP contribution < -0.4 is 11.1 Å². The molecule has 106 valence electrons. The Balaban J connectivity index is 2.63. The molecule has 3 N–H and O–H groups in total. The number of nitrogens with two attached hydrogens (primary N) is 1. The molecule has 0 saturated heterocycles. The molecule has 0 heterocycles. The van der Waals surface area contributed by atoms with Crippen molar-refractivity contribution in [2.24, 2.45) is 5.73 Å². The maximum absolute atomic E-state index is 11.8. The molecule has 1 aromatic carbocycles. The lowest BCUT2D eigenvalue weighted by Crippen LogP contribution is -2.33. The maximum atomic E-state index is 11.8. The quantitative estimate of drug-likeness (QED) is 0.849. The summed E-state index contributed by atoms with van der Waals surface area (Å²) in [7, 11) is 1.53. The van der Waals surface area contributed by atoms with Crippen LogP contribution in [0.1, 0.15) is 24.9 Å². The molecule has 2 atom stereocenters. The van der Waals surface area contributed by atoms with Gasteiger partial charge in [0, 0.05) is 23.7 Å². The van der Waals surface area contributed by atoms with Crippen molar-refractivity contribution in [1.82, 2.24) is 5.32 Å². The molecule has 0 aliphatic rings. The Hall–Kier alpha value is -0.810. The van der Waals surface area contributed by atoms with E-state index < -0.39 is 0 Å². The summed E-state index contributed by atoms with van der Waals surface area (Å²) in [5.74, 6) is -0.129. The Labute approximate surface area is 123 Å². The van der Waals surface area contributed by atoms with Gasteiger partial charge in [0.15, 0.2) is 0 Å². The fourth-order valence-corrected chi connectivity index (χ4v) is 2.27. The highest BCUT2D eigenvalue weighted by Gasteiger charge is 2.16. The molecule has 4 nitrogen and oxygen atoms in total. The highest BCUT2D eigenvalue weighted by Crippen LogP contribution is 2.26. The van der Waals surface area contributed by atoms with E-state index >= 15 is 0 Å². The summed E-state index contributed by atoms with van der Waals surface area (Å²) in [6.45, 7) is 2.16. The van der Waals surface area contributed by atoms with E-state index in [1.54, 1.807) is 18.2 Å². The molecule has 0 aliphatic carbocycles. The second kappa shape index (κ2) is 7.70. The number of hydrogen-bond donors (Lipinski definition) is 2. The van der Waals surface area contributed by atoms with Crippen LogP contribution >= 0.6 is 23.2 Å². The number of ether oxygens (including phenoxy) is 1. The predicted molar refractivity (Wildman–Crippen MR) is 77.5 cm³/mol. The molecule has 0 fully saturated rings. The normalized spacial score (nSPS) is 13.9. The summed E-state index contributed by atoms with van der Waals surface area (Å²) >= 11 is 11.9. The van der Waals surface area contributed by atoms with Crippen LogP contribution in [0, 0.1) is 0 Å². The monoisotopic (exact) mass is 304 g/mol. The van der Waals surface area contributed by atoms with Gasteiger partial charge in [-0.15, -0.1) is 0 Å². The van der Waals surface area contributed by atoms with Crippen molar-refractivity contribution in [3.05, 3.63) is 33.8 Å². The predicted octanol–water partition coefficient (Wildman–Crippen LogP) is 2.53. The van der Waals surface area contributed by atoms with E-state index in [2.05, 4.69) is 5.32 Å². The van der Waals surface area contributed by atoms with Gasteiger partial charge in [-0.05, 0) is 24.6 Å². The van der Waals surface area contributed by atoms with E-state index in [4.69, 9.17) is 33.7 Å². The lowest BCUT2D eigenvalue weighted by Gasteiger charge is -2.18. The van der Waals surface area contributed by atoms with E-state index in [9.17, 15) is 4.79 Å². The van der Waals surface area contributed by atoms with Crippen LogP contribution in [-0.4, -0.2) is 25.7 Å². The first-order chi connectivity index (χ1) is 8.97. The number of benzene rings is 1. The summed E-state index contributed by atoms with van der Waals surface area (Å²) in [5, 5.41) is 3.95. The minimum atomic E-state index is -0.270. The van der Waals surface area contributed by atoms with Gasteiger partial charge < -0.3 is 15.8 Å². The average Bonchev–Trinajstić information content (AvgIpc) is 2.35. The van der Waals surface area contributed by atoms with Crippen LogP contribution in [0.2, 0.25) is 10.0 Å². The third kappa shape index (κ3) is 4.99. The first kappa shape index (κ1) is 16.2. The lowest BCUT2D eigenvalue weighted by molar-refractivity contribution is -0.124. The molecule has 1 amide bonds. The van der Waals surface area contributed by atoms with Crippen molar-refractivity contribution >= 4 is 29.1 Å². The molecule has 0 saturated carbocycles. The third-order valence-corrected chi connectivity index (χ3v) is 3.38. The largest absolute Gasteiger partial charge is 0.380 e. The number of halogens is 2. The summed E-state index contributed by atoms with van der Waals surface area (Å²) in [5.41, 5.74) is 6.29. The lowest BCUT2D eigenvalue weighted by atomic mass is 10.1. The molecular formula is C13H18Cl2N2O2. The fraction of sp³-hybridized carbons (Fsp3) is 0.462. The highest BCUT2D eigenvalue weighted by molar-refractivity contribution is 6.35. The minimum absolute atomic E-state index is 0.129. The first-order valence-corrected chi connectivity index (χ1v) is 6.70. The average molecular weight is 305 g/mol. The highest BCUT2D eigenvalue weighted by atomic mass is 35.5. The van der Waals surface area contributed by atoms with E-state index in [1.165, 1.54) is 7.11 Å². The molecule has 0 bridgehead atoms. The Morgan fingerprint density at radius 1 is 1.47 bits per heavy atom. The maximum Gasteiger partial charge on any atom is 0.223 e. The Kier molecular flexibility index (Phi) is 6.58. The van der Waals surface area contributed by atoms with Crippen LogP contribution in [0.25, 0.3) is 0 Å². The van der Waals surface area contributed by atoms with Gasteiger partial charge in [-0.2, -0.15) is 0 Å². The zero-order valence-corrected chi connectivity index (χ0v) is 12.5. The van der Waals surface area contributed by atoms with Gasteiger partial charge in [0.2, 0.25) is 5.91 Å². The van der Waals surface area contributed by atoms with Crippen molar-refractivity contribution in [3.8, 4) is 0 Å². The summed E-state index contributed by atoms with van der Waals surface area (Å²) < 4.78 is 5.07. The number of nitrogens with one attached hydrogen (secondary N) is 1. The van der Waals surface area contributed by atoms with Crippen molar-refractivity contribution in [2.75, 3.05) is 13.7 Å². The number of amides is 1. The van der Waals surface area contributed by atoms with Crippen LogP contribution in [-0.2, 0) is 9.53 Å². The summed E-state index contributed by atoms with van der Waals surface area (Å²) in [4.78, 5) is 11.8. The summed E-state index contributed by atoms with van der Waals surface area (Å²) in [6, 6.07) is 4.99. The van der Waals surface area contributed by atoms with E-state index in [0.29, 0.717) is 16.6 Å². The summed E-state index contributed by atoms with van der Waals surface area (Å²) in [6.07, 6.45) is -0.0457. The van der Waals surface area contributed by atoms with Crippen molar-refractivity contribution in [1.29, 1.82) is 0 Å². The number of rotatable bonds is 6. The van der Waals surface area contributed by atoms with Crippen LogP contribution in [0.15, 0.2) is 18.2 Å². The van der Waals surface area contributed by atoms with Crippen LogP contribution in [0.4, 0.5) is 0 Å². The Morgan fingerprint density at radius 3 is 2.68 bits per heavy atom. The number of hydrogen-bond acceptors (Lipinski definition) is 3. The number of carbonyl (C=O) groups excluding carboxylic acids is 1. The zero-order chi connectivity index (χ0) is 14.4. The van der Waals surface area contributed by atoms with Gasteiger partial charge in [0.25, 0.3) is 0 Å². The van der Waals surface area contributed by atoms with Crippen molar-refractivity contribution in [3.63, 3.8) is 0 Å². The topological polar surface area (TPSA) is 64.3 Å². The molecular weight excluding hydrogens is 287 g/mol. The number of methoxy groups -OCH3 is 1. The van der Waals surface area contributed by atoms with Crippen LogP contribution in [0.3, 0.4) is 0 Å². The molecule has 0 aromatic heterocycles. The van der Waals surface area contributed by atoms with Gasteiger partial charge in [0.1, 0.15) is 0 Å². The van der Waals surface area contributed by atoms with E-state index in [-0.39, 0.29) is 24.5 Å². The van der Waals surface area contributed by atoms with Gasteiger partial charge in [-0.3, -0.25) is 4.79 Å².